The number of nitrogens with one attached hydrogen (secondary N) is 2. The van der Waals surface area contributed by atoms with Crippen LogP contribution < -0.4 is 4.72 Å². The van der Waals surface area contributed by atoms with Gasteiger partial charge in [0.1, 0.15) is 15.2 Å². The van der Waals surface area contributed by atoms with Crippen LogP contribution >= 0.6 is 11.3 Å². The van der Waals surface area contributed by atoms with E-state index < -0.39 is 10.0 Å². The summed E-state index contributed by atoms with van der Waals surface area (Å²) in [6, 6.07) is 6.33. The smallest absolute Gasteiger partial charge is 0.272 e. The maximum Gasteiger partial charge on any atom is 0.272 e. The van der Waals surface area contributed by atoms with Gasteiger partial charge in [0, 0.05) is 11.8 Å². The lowest BCUT2D eigenvalue weighted by atomic mass is 10.5. The third-order valence-electron chi connectivity index (χ3n) is 1.90. The lowest BCUT2D eigenvalue weighted by Crippen LogP contribution is -2.11. The van der Waals surface area contributed by atoms with E-state index in [1.54, 1.807) is 13.0 Å². The van der Waals surface area contributed by atoms with E-state index in [0.717, 1.165) is 17.0 Å². The molecule has 2 heterocycles. The van der Waals surface area contributed by atoms with Gasteiger partial charge < -0.3 is 0 Å². The second kappa shape index (κ2) is 4.20. The van der Waals surface area contributed by atoms with Crippen LogP contribution in [0.25, 0.3) is 0 Å². The molecule has 6 nitrogen and oxygen atoms in total. The molecule has 0 aromatic carbocycles. The number of nitriles is 1. The molecule has 2 aromatic rings. The number of rotatable bonds is 3. The number of nitrogens with zero attached hydrogens (tertiary/aromatic N) is 2. The molecule has 0 aliphatic carbocycles. The van der Waals surface area contributed by atoms with Crippen molar-refractivity contribution in [2.24, 2.45) is 0 Å². The third kappa shape index (κ3) is 2.46. The molecule has 0 atom stereocenters. The molecule has 0 amide bonds. The first-order chi connectivity index (χ1) is 8.01. The summed E-state index contributed by atoms with van der Waals surface area (Å²) in [4.78, 5) is 0.351. The summed E-state index contributed by atoms with van der Waals surface area (Å²) in [5.74, 6) is 0.231. The fourth-order valence-electron chi connectivity index (χ4n) is 1.18. The fraction of sp³-hybridized carbons (Fsp3) is 0.111. The molecule has 2 N–H and O–H groups in total. The highest BCUT2D eigenvalue weighted by molar-refractivity contribution is 7.94. The van der Waals surface area contributed by atoms with Crippen LogP contribution in [0.3, 0.4) is 0 Å². The van der Waals surface area contributed by atoms with Crippen LogP contribution in [0.1, 0.15) is 10.6 Å². The van der Waals surface area contributed by atoms with E-state index in [0.29, 0.717) is 4.88 Å². The van der Waals surface area contributed by atoms with Gasteiger partial charge in [0.15, 0.2) is 5.82 Å². The number of hydrogen-bond acceptors (Lipinski definition) is 5. The van der Waals surface area contributed by atoms with Gasteiger partial charge in [-0.2, -0.15) is 10.4 Å². The molecule has 0 saturated heterocycles. The van der Waals surface area contributed by atoms with Crippen molar-refractivity contribution in [1.82, 2.24) is 10.2 Å². The number of thiophene rings is 1. The predicted octanol–water partition coefficient (Wildman–Crippen LogP) is 1.45. The van der Waals surface area contributed by atoms with Crippen LogP contribution in [0.5, 0.6) is 0 Å². The summed E-state index contributed by atoms with van der Waals surface area (Å²) in [7, 11) is -3.65. The van der Waals surface area contributed by atoms with E-state index in [2.05, 4.69) is 14.9 Å². The Labute approximate surface area is 102 Å². The zero-order chi connectivity index (χ0) is 12.5. The Balaban J connectivity index is 2.28. The maximum absolute atomic E-state index is 11.9. The van der Waals surface area contributed by atoms with Crippen molar-refractivity contribution in [1.29, 1.82) is 5.26 Å². The topological polar surface area (TPSA) is 98.6 Å². The second-order valence-corrected chi connectivity index (χ2v) is 6.27. The summed E-state index contributed by atoms with van der Waals surface area (Å²) < 4.78 is 26.2. The summed E-state index contributed by atoms with van der Waals surface area (Å²) >= 11 is 0.916. The van der Waals surface area contributed by atoms with Crippen molar-refractivity contribution in [3.8, 4) is 6.07 Å². The number of aromatic nitrogens is 2. The molecule has 0 fully saturated rings. The van der Waals surface area contributed by atoms with Crippen molar-refractivity contribution in [2.75, 3.05) is 4.72 Å². The minimum Gasteiger partial charge on any atom is -0.281 e. The highest BCUT2D eigenvalue weighted by Crippen LogP contribution is 2.22. The van der Waals surface area contributed by atoms with Crippen molar-refractivity contribution >= 4 is 27.2 Å². The highest BCUT2D eigenvalue weighted by atomic mass is 32.2. The van der Waals surface area contributed by atoms with Crippen LogP contribution in [-0.2, 0) is 10.0 Å². The lowest BCUT2D eigenvalue weighted by molar-refractivity contribution is 0.603. The number of anilines is 1. The van der Waals surface area contributed by atoms with E-state index in [1.807, 2.05) is 6.07 Å². The standard InChI is InChI=1S/C9H8N4O2S2/c1-6-4-8(12-11-6)13-17(14,15)9-3-2-7(5-10)16-9/h2-4H,1H3,(H2,11,12,13). The average Bonchev–Trinajstić information content (AvgIpc) is 2.86. The van der Waals surface area contributed by atoms with Gasteiger partial charge >= 0.3 is 0 Å². The Bertz CT molecular complexity index is 678. The van der Waals surface area contributed by atoms with Gasteiger partial charge in [0.25, 0.3) is 10.0 Å². The Hall–Kier alpha value is -1.85. The molecule has 17 heavy (non-hydrogen) atoms. The van der Waals surface area contributed by atoms with Gasteiger partial charge in [-0.15, -0.1) is 11.3 Å². The molecule has 0 unspecified atom stereocenters. The third-order valence-corrected chi connectivity index (χ3v) is 4.74. The zero-order valence-electron chi connectivity index (χ0n) is 8.76. The molecule has 0 aliphatic heterocycles. The normalized spacial score (nSPS) is 11.1. The molecular weight excluding hydrogens is 260 g/mol. The van der Waals surface area contributed by atoms with Gasteiger partial charge in [-0.05, 0) is 19.1 Å². The number of aromatic amines is 1. The molecule has 2 aromatic heterocycles. The lowest BCUT2D eigenvalue weighted by Gasteiger charge is -2.01. The first kappa shape index (κ1) is 11.6. The van der Waals surface area contributed by atoms with Crippen LogP contribution in [-0.4, -0.2) is 18.6 Å². The van der Waals surface area contributed by atoms with E-state index in [1.165, 1.54) is 12.1 Å². The number of hydrogen-bond donors (Lipinski definition) is 2. The van der Waals surface area contributed by atoms with Crippen LogP contribution in [0, 0.1) is 18.3 Å². The van der Waals surface area contributed by atoms with Crippen molar-refractivity contribution in [3.05, 3.63) is 28.8 Å². The molecule has 88 valence electrons. The van der Waals surface area contributed by atoms with Crippen LogP contribution in [0.15, 0.2) is 22.4 Å². The molecule has 8 heteroatoms. The van der Waals surface area contributed by atoms with Crippen molar-refractivity contribution in [3.63, 3.8) is 0 Å². The largest absolute Gasteiger partial charge is 0.281 e. The predicted molar refractivity (Wildman–Crippen MR) is 63.2 cm³/mol. The molecule has 0 bridgehead atoms. The van der Waals surface area contributed by atoms with Gasteiger partial charge in [0.2, 0.25) is 0 Å². The Kier molecular flexibility index (Phi) is 2.87. The molecule has 0 spiro atoms. The van der Waals surface area contributed by atoms with Gasteiger partial charge in [0.05, 0.1) is 0 Å². The van der Waals surface area contributed by atoms with Crippen LogP contribution in [0.4, 0.5) is 5.82 Å². The first-order valence-corrected chi connectivity index (χ1v) is 6.86. The molecule has 0 aliphatic rings. The molecule has 0 radical (unpaired) electrons. The second-order valence-electron chi connectivity index (χ2n) is 3.27. The SMILES string of the molecule is Cc1cc(NS(=O)(=O)c2ccc(C#N)s2)n[nH]1. The Morgan fingerprint density at radius 3 is 2.82 bits per heavy atom. The van der Waals surface area contributed by atoms with Gasteiger partial charge in [-0.25, -0.2) is 8.42 Å². The summed E-state index contributed by atoms with van der Waals surface area (Å²) in [6.07, 6.45) is 0. The van der Waals surface area contributed by atoms with Gasteiger partial charge in [-0.3, -0.25) is 9.82 Å². The van der Waals surface area contributed by atoms with E-state index >= 15 is 0 Å². The maximum atomic E-state index is 11.9. The Morgan fingerprint density at radius 1 is 1.53 bits per heavy atom. The number of aryl methyl sites for hydroxylation is 1. The van der Waals surface area contributed by atoms with E-state index in [9.17, 15) is 8.42 Å². The average molecular weight is 268 g/mol. The summed E-state index contributed by atoms with van der Waals surface area (Å²) in [6.45, 7) is 1.77. The first-order valence-electron chi connectivity index (χ1n) is 4.56. The molecular formula is C9H8N4O2S2. The number of H-pyrrole nitrogens is 1. The highest BCUT2D eigenvalue weighted by Gasteiger charge is 2.18. The fourth-order valence-corrected chi connectivity index (χ4v) is 3.28. The minimum absolute atomic E-state index is 0.0923. The van der Waals surface area contributed by atoms with E-state index in [4.69, 9.17) is 5.26 Å². The molecule has 0 saturated carbocycles. The van der Waals surface area contributed by atoms with Crippen molar-refractivity contribution in [2.45, 2.75) is 11.1 Å². The van der Waals surface area contributed by atoms with Crippen LogP contribution in [0.2, 0.25) is 0 Å². The zero-order valence-corrected chi connectivity index (χ0v) is 10.4. The summed E-state index contributed by atoms with van der Waals surface area (Å²) in [5.41, 5.74) is 0.756. The van der Waals surface area contributed by atoms with Gasteiger partial charge in [-0.1, -0.05) is 0 Å². The Morgan fingerprint density at radius 2 is 2.29 bits per heavy atom. The molecule has 2 rings (SSSR count). The summed E-state index contributed by atoms with van der Waals surface area (Å²) in [5, 5.41) is 15.0. The minimum atomic E-state index is -3.65. The van der Waals surface area contributed by atoms with Crippen molar-refractivity contribution < 1.29 is 8.42 Å². The monoisotopic (exact) mass is 268 g/mol. The number of sulfonamides is 1. The van der Waals surface area contributed by atoms with E-state index in [-0.39, 0.29) is 10.0 Å². The quantitative estimate of drug-likeness (QED) is 0.880.